The van der Waals surface area contributed by atoms with Gasteiger partial charge in [-0.3, -0.25) is 4.79 Å². The van der Waals surface area contributed by atoms with E-state index in [4.69, 9.17) is 0 Å². The normalized spacial score (nSPS) is 28.8. The number of carbonyl (C=O) groups excluding carboxylic acids is 1. The smallest absolute Gasteiger partial charge is 0.244 e. The van der Waals surface area contributed by atoms with Gasteiger partial charge in [0.15, 0.2) is 0 Å². The highest BCUT2D eigenvalue weighted by Crippen LogP contribution is 2.39. The lowest BCUT2D eigenvalue weighted by Gasteiger charge is -2.31. The number of para-hydroxylation sites is 1. The number of sulfonamides is 1. The molecular formula is C17H23N3O3S. The van der Waals surface area contributed by atoms with E-state index >= 15 is 0 Å². The highest BCUT2D eigenvalue weighted by Gasteiger charge is 2.44. The van der Waals surface area contributed by atoms with Gasteiger partial charge in [-0.15, -0.1) is 0 Å². The molecule has 0 radical (unpaired) electrons. The minimum Gasteiger partial charge on any atom is -0.354 e. The van der Waals surface area contributed by atoms with Crippen LogP contribution in [0.5, 0.6) is 0 Å². The molecule has 1 N–H and O–H groups in total. The molecule has 1 amide bonds. The second-order valence-corrected chi connectivity index (χ2v) is 9.11. The van der Waals surface area contributed by atoms with E-state index in [1.54, 1.807) is 19.2 Å². The quantitative estimate of drug-likeness (QED) is 0.890. The lowest BCUT2D eigenvalue weighted by Crippen LogP contribution is -2.48. The van der Waals surface area contributed by atoms with Crippen molar-refractivity contribution in [2.24, 2.45) is 5.92 Å². The maximum absolute atomic E-state index is 12.8. The monoisotopic (exact) mass is 349 g/mol. The van der Waals surface area contributed by atoms with Gasteiger partial charge in [-0.2, -0.15) is 4.31 Å². The van der Waals surface area contributed by atoms with Gasteiger partial charge < -0.3 is 10.2 Å². The number of rotatable bonds is 3. The standard InChI is InChI=1S/C17H23N3O3S/c1-19-11-13-8-9-15(17(21)18-10-12-6-7-12)20(13)14-4-2-3-5-16(14)24(19,22)23/h2-5,12-13,15H,6-11H2,1H3,(H,18,21)/t13-,15+/m1/s1. The second kappa shape index (κ2) is 5.74. The molecule has 1 aromatic rings. The van der Waals surface area contributed by atoms with Crippen LogP contribution >= 0.6 is 0 Å². The Morgan fingerprint density at radius 1 is 1.21 bits per heavy atom. The Hall–Kier alpha value is -1.60. The maximum atomic E-state index is 12.8. The van der Waals surface area contributed by atoms with Crippen LogP contribution in [-0.2, 0) is 14.8 Å². The molecule has 2 atom stereocenters. The van der Waals surface area contributed by atoms with Crippen molar-refractivity contribution in [2.75, 3.05) is 25.0 Å². The molecule has 6 nitrogen and oxygen atoms in total. The molecule has 1 saturated heterocycles. The number of fused-ring (bicyclic) bond motifs is 3. The number of amides is 1. The lowest BCUT2D eigenvalue weighted by atomic mass is 10.2. The van der Waals surface area contributed by atoms with E-state index in [2.05, 4.69) is 5.32 Å². The van der Waals surface area contributed by atoms with Gasteiger partial charge in [0.1, 0.15) is 10.9 Å². The molecular weight excluding hydrogens is 326 g/mol. The average Bonchev–Trinajstić information content (AvgIpc) is 3.32. The number of likely N-dealkylation sites (N-methyl/N-ethyl adjacent to an activating group) is 1. The summed E-state index contributed by atoms with van der Waals surface area (Å²) in [5.74, 6) is 0.662. The zero-order valence-electron chi connectivity index (χ0n) is 13.8. The summed E-state index contributed by atoms with van der Waals surface area (Å²) >= 11 is 0. The van der Waals surface area contributed by atoms with Crippen molar-refractivity contribution in [2.45, 2.75) is 42.7 Å². The van der Waals surface area contributed by atoms with Crippen LogP contribution in [0.15, 0.2) is 29.2 Å². The van der Waals surface area contributed by atoms with Gasteiger partial charge in [0.2, 0.25) is 15.9 Å². The number of carbonyl (C=O) groups is 1. The third kappa shape index (κ3) is 2.59. The predicted octanol–water partition coefficient (Wildman–Crippen LogP) is 1.18. The van der Waals surface area contributed by atoms with Crippen molar-refractivity contribution in [3.63, 3.8) is 0 Å². The van der Waals surface area contributed by atoms with Crippen LogP contribution in [0.3, 0.4) is 0 Å². The average molecular weight is 349 g/mol. The van der Waals surface area contributed by atoms with Gasteiger partial charge in [0, 0.05) is 26.2 Å². The van der Waals surface area contributed by atoms with Crippen LogP contribution in [0.25, 0.3) is 0 Å². The highest BCUT2D eigenvalue weighted by molar-refractivity contribution is 7.89. The van der Waals surface area contributed by atoms with Crippen molar-refractivity contribution in [3.8, 4) is 0 Å². The molecule has 130 valence electrons. The first-order valence-electron chi connectivity index (χ1n) is 8.60. The number of benzene rings is 1. The van der Waals surface area contributed by atoms with E-state index in [1.807, 2.05) is 17.0 Å². The Labute approximate surface area is 142 Å². The molecule has 24 heavy (non-hydrogen) atoms. The van der Waals surface area contributed by atoms with Gasteiger partial charge >= 0.3 is 0 Å². The van der Waals surface area contributed by atoms with E-state index in [1.165, 1.54) is 17.1 Å². The Kier molecular flexibility index (Phi) is 3.80. The third-order valence-electron chi connectivity index (χ3n) is 5.37. The van der Waals surface area contributed by atoms with Gasteiger partial charge in [-0.1, -0.05) is 12.1 Å². The molecule has 2 aliphatic heterocycles. The van der Waals surface area contributed by atoms with E-state index in [9.17, 15) is 13.2 Å². The number of hydrogen-bond donors (Lipinski definition) is 1. The minimum absolute atomic E-state index is 0.0288. The second-order valence-electron chi connectivity index (χ2n) is 7.10. The topological polar surface area (TPSA) is 69.7 Å². The first-order valence-corrected chi connectivity index (χ1v) is 10.0. The third-order valence-corrected chi connectivity index (χ3v) is 7.24. The molecule has 0 spiro atoms. The van der Waals surface area contributed by atoms with Crippen LogP contribution in [0.2, 0.25) is 0 Å². The van der Waals surface area contributed by atoms with Crippen LogP contribution < -0.4 is 10.2 Å². The summed E-state index contributed by atoms with van der Waals surface area (Å²) in [6.07, 6.45) is 3.99. The van der Waals surface area contributed by atoms with Gasteiger partial charge in [-0.25, -0.2) is 8.42 Å². The van der Waals surface area contributed by atoms with Crippen molar-refractivity contribution in [3.05, 3.63) is 24.3 Å². The molecule has 7 heteroatoms. The SMILES string of the molecule is CN1C[C@H]2CC[C@@H](C(=O)NCC3CC3)N2c2ccccc2S1(=O)=O. The van der Waals surface area contributed by atoms with Crippen molar-refractivity contribution >= 4 is 21.6 Å². The highest BCUT2D eigenvalue weighted by atomic mass is 32.2. The number of nitrogens with zero attached hydrogens (tertiary/aromatic N) is 2. The fourth-order valence-electron chi connectivity index (χ4n) is 3.82. The molecule has 1 aliphatic carbocycles. The largest absolute Gasteiger partial charge is 0.354 e. The summed E-state index contributed by atoms with van der Waals surface area (Å²) in [5.41, 5.74) is 0.663. The van der Waals surface area contributed by atoms with Crippen molar-refractivity contribution < 1.29 is 13.2 Å². The number of hydrogen-bond acceptors (Lipinski definition) is 4. The van der Waals surface area contributed by atoms with Crippen LogP contribution in [0.1, 0.15) is 25.7 Å². The fraction of sp³-hybridized carbons (Fsp3) is 0.588. The van der Waals surface area contributed by atoms with E-state index in [0.717, 1.165) is 19.4 Å². The fourth-order valence-corrected chi connectivity index (χ4v) is 5.21. The summed E-state index contributed by atoms with van der Waals surface area (Å²) in [7, 11) is -1.88. The molecule has 2 fully saturated rings. The summed E-state index contributed by atoms with van der Waals surface area (Å²) < 4.78 is 26.9. The first kappa shape index (κ1) is 15.9. The molecule has 4 rings (SSSR count). The molecule has 3 aliphatic rings. The number of anilines is 1. The Morgan fingerprint density at radius 3 is 2.71 bits per heavy atom. The lowest BCUT2D eigenvalue weighted by molar-refractivity contribution is -0.122. The van der Waals surface area contributed by atoms with E-state index < -0.39 is 10.0 Å². The van der Waals surface area contributed by atoms with Gasteiger partial charge in [-0.05, 0) is 43.7 Å². The van der Waals surface area contributed by atoms with Crippen LogP contribution in [0.4, 0.5) is 5.69 Å². The summed E-state index contributed by atoms with van der Waals surface area (Å²) in [6.45, 7) is 1.16. The summed E-state index contributed by atoms with van der Waals surface area (Å²) in [6, 6.07) is 6.81. The zero-order valence-corrected chi connectivity index (χ0v) is 14.6. The van der Waals surface area contributed by atoms with Gasteiger partial charge in [0.05, 0.1) is 5.69 Å². The van der Waals surface area contributed by atoms with Crippen LogP contribution in [-0.4, -0.2) is 50.9 Å². The number of nitrogens with one attached hydrogen (secondary N) is 1. The van der Waals surface area contributed by atoms with Crippen molar-refractivity contribution in [1.82, 2.24) is 9.62 Å². The summed E-state index contributed by atoms with van der Waals surface area (Å²) in [4.78, 5) is 15.0. The Balaban J connectivity index is 1.69. The predicted molar refractivity (Wildman–Crippen MR) is 91.3 cm³/mol. The molecule has 1 aromatic carbocycles. The molecule has 0 aromatic heterocycles. The molecule has 2 heterocycles. The van der Waals surface area contributed by atoms with E-state index in [0.29, 0.717) is 23.0 Å². The molecule has 0 unspecified atom stereocenters. The Morgan fingerprint density at radius 2 is 1.96 bits per heavy atom. The Bertz CT molecular complexity index is 760. The zero-order chi connectivity index (χ0) is 16.9. The van der Waals surface area contributed by atoms with Crippen molar-refractivity contribution in [1.29, 1.82) is 0 Å². The summed E-state index contributed by atoms with van der Waals surface area (Å²) in [5, 5.41) is 3.06. The minimum atomic E-state index is -3.50. The van der Waals surface area contributed by atoms with E-state index in [-0.39, 0.29) is 18.0 Å². The molecule has 0 bridgehead atoms. The van der Waals surface area contributed by atoms with Crippen LogP contribution in [0, 0.1) is 5.92 Å². The molecule has 1 saturated carbocycles. The van der Waals surface area contributed by atoms with Gasteiger partial charge in [0.25, 0.3) is 0 Å². The first-order chi connectivity index (χ1) is 11.5. The maximum Gasteiger partial charge on any atom is 0.244 e.